The van der Waals surface area contributed by atoms with Crippen molar-refractivity contribution in [1.82, 2.24) is 30.2 Å². The first kappa shape index (κ1) is 15.5. The van der Waals surface area contributed by atoms with Gasteiger partial charge in [-0.05, 0) is 28.6 Å². The summed E-state index contributed by atoms with van der Waals surface area (Å²) >= 11 is 0. The van der Waals surface area contributed by atoms with E-state index in [2.05, 4.69) is 30.8 Å². The molecule has 24 heavy (non-hydrogen) atoms. The van der Waals surface area contributed by atoms with E-state index in [1.54, 1.807) is 18.5 Å². The van der Waals surface area contributed by atoms with Crippen LogP contribution in [0.2, 0.25) is 0 Å². The van der Waals surface area contributed by atoms with Gasteiger partial charge in [0.1, 0.15) is 0 Å². The number of ether oxygens (including phenoxy) is 1. The number of para-hydroxylation sites is 1. The number of carbonyl (C=O) groups is 1. The van der Waals surface area contributed by atoms with Gasteiger partial charge in [0.05, 0.1) is 12.1 Å². The van der Waals surface area contributed by atoms with Crippen molar-refractivity contribution in [1.29, 1.82) is 0 Å². The number of hydrogen-bond donors (Lipinski definition) is 1. The van der Waals surface area contributed by atoms with Gasteiger partial charge < -0.3 is 10.1 Å². The summed E-state index contributed by atoms with van der Waals surface area (Å²) in [5, 5.41) is 14.3. The summed E-state index contributed by atoms with van der Waals surface area (Å²) in [6, 6.07) is 11.1. The Kier molecular flexibility index (Phi) is 5.03. The highest BCUT2D eigenvalue weighted by Crippen LogP contribution is 2.08. The zero-order valence-electron chi connectivity index (χ0n) is 12.7. The van der Waals surface area contributed by atoms with E-state index in [9.17, 15) is 4.79 Å². The van der Waals surface area contributed by atoms with Crippen LogP contribution in [0.15, 0.2) is 48.8 Å². The number of tetrazole rings is 1. The molecule has 2 heterocycles. The topological polar surface area (TPSA) is 108 Å². The summed E-state index contributed by atoms with van der Waals surface area (Å²) in [5.74, 6) is 0.563. The van der Waals surface area contributed by atoms with Crippen LogP contribution in [0.1, 0.15) is 12.2 Å². The zero-order valence-corrected chi connectivity index (χ0v) is 12.7. The highest BCUT2D eigenvalue weighted by Gasteiger charge is 2.11. The van der Waals surface area contributed by atoms with E-state index in [4.69, 9.17) is 4.74 Å². The molecule has 0 atom stereocenters. The summed E-state index contributed by atoms with van der Waals surface area (Å²) in [6.07, 6.45) is 3.43. The molecule has 0 saturated carbocycles. The molecule has 0 aliphatic heterocycles. The quantitative estimate of drug-likeness (QED) is 0.641. The van der Waals surface area contributed by atoms with Crippen LogP contribution in [0.3, 0.4) is 0 Å². The standard InChI is InChI=1S/C15H15N7O2/c23-14(7-10-18-15-16-8-4-9-17-15)24-11-13-19-20-21-22(13)12-5-2-1-3-6-12/h1-6,8-9H,7,10-11H2,(H,16,17,18). The molecular formula is C15H15N7O2. The number of carbonyl (C=O) groups excluding carboxylic acids is 1. The van der Waals surface area contributed by atoms with Crippen molar-refractivity contribution < 1.29 is 9.53 Å². The van der Waals surface area contributed by atoms with E-state index >= 15 is 0 Å². The van der Waals surface area contributed by atoms with Gasteiger partial charge in [-0.1, -0.05) is 18.2 Å². The molecule has 0 radical (unpaired) electrons. The molecule has 0 spiro atoms. The molecule has 2 aromatic heterocycles. The summed E-state index contributed by atoms with van der Waals surface area (Å²) < 4.78 is 6.73. The Labute approximate surface area is 137 Å². The van der Waals surface area contributed by atoms with Gasteiger partial charge in [-0.3, -0.25) is 4.79 Å². The van der Waals surface area contributed by atoms with Crippen LogP contribution < -0.4 is 5.32 Å². The van der Waals surface area contributed by atoms with Gasteiger partial charge in [0.15, 0.2) is 12.4 Å². The number of aromatic nitrogens is 6. The predicted octanol–water partition coefficient (Wildman–Crippen LogP) is 0.998. The minimum Gasteiger partial charge on any atom is -0.457 e. The average molecular weight is 325 g/mol. The van der Waals surface area contributed by atoms with Gasteiger partial charge in [-0.15, -0.1) is 5.10 Å². The predicted molar refractivity (Wildman–Crippen MR) is 84.1 cm³/mol. The Morgan fingerprint density at radius 1 is 1.12 bits per heavy atom. The minimum absolute atomic E-state index is 0.00254. The number of anilines is 1. The van der Waals surface area contributed by atoms with Crippen LogP contribution in [-0.2, 0) is 16.1 Å². The largest absolute Gasteiger partial charge is 0.457 e. The molecule has 122 valence electrons. The van der Waals surface area contributed by atoms with Gasteiger partial charge in [-0.2, -0.15) is 4.68 Å². The van der Waals surface area contributed by atoms with Crippen LogP contribution in [0.25, 0.3) is 5.69 Å². The molecular weight excluding hydrogens is 310 g/mol. The first-order chi connectivity index (χ1) is 11.8. The van der Waals surface area contributed by atoms with Crippen molar-refractivity contribution in [3.8, 4) is 5.69 Å². The van der Waals surface area contributed by atoms with Crippen molar-refractivity contribution in [2.45, 2.75) is 13.0 Å². The van der Waals surface area contributed by atoms with E-state index in [0.717, 1.165) is 5.69 Å². The molecule has 9 nitrogen and oxygen atoms in total. The Hall–Kier alpha value is -3.36. The third-order valence-electron chi connectivity index (χ3n) is 3.08. The Bertz CT molecular complexity index is 777. The fourth-order valence-corrected chi connectivity index (χ4v) is 1.95. The second-order valence-corrected chi connectivity index (χ2v) is 4.75. The molecule has 1 aromatic carbocycles. The number of nitrogens with one attached hydrogen (secondary N) is 1. The van der Waals surface area contributed by atoms with Gasteiger partial charge in [0.2, 0.25) is 5.95 Å². The summed E-state index contributed by atoms with van der Waals surface area (Å²) in [4.78, 5) is 19.8. The van der Waals surface area contributed by atoms with E-state index in [1.807, 2.05) is 30.3 Å². The highest BCUT2D eigenvalue weighted by atomic mass is 16.5. The average Bonchev–Trinajstić information content (AvgIpc) is 3.10. The number of benzene rings is 1. The number of esters is 1. The maximum absolute atomic E-state index is 11.8. The van der Waals surface area contributed by atoms with Crippen molar-refractivity contribution in [3.05, 3.63) is 54.6 Å². The van der Waals surface area contributed by atoms with Crippen LogP contribution >= 0.6 is 0 Å². The number of hydrogen-bond acceptors (Lipinski definition) is 8. The Morgan fingerprint density at radius 2 is 1.92 bits per heavy atom. The van der Waals surface area contributed by atoms with E-state index in [1.165, 1.54) is 4.68 Å². The van der Waals surface area contributed by atoms with E-state index in [-0.39, 0.29) is 19.0 Å². The third-order valence-corrected chi connectivity index (χ3v) is 3.08. The SMILES string of the molecule is O=C(CCNc1ncccn1)OCc1nnnn1-c1ccccc1. The van der Waals surface area contributed by atoms with Gasteiger partial charge >= 0.3 is 5.97 Å². The Balaban J connectivity index is 1.48. The molecule has 0 aliphatic carbocycles. The van der Waals surface area contributed by atoms with Crippen molar-refractivity contribution in [2.75, 3.05) is 11.9 Å². The van der Waals surface area contributed by atoms with Crippen LogP contribution in [0.5, 0.6) is 0 Å². The maximum atomic E-state index is 11.8. The second kappa shape index (κ2) is 7.77. The van der Waals surface area contributed by atoms with E-state index < -0.39 is 0 Å². The lowest BCUT2D eigenvalue weighted by atomic mass is 10.3. The van der Waals surface area contributed by atoms with Crippen LogP contribution in [-0.4, -0.2) is 42.7 Å². The number of rotatable bonds is 7. The summed E-state index contributed by atoms with van der Waals surface area (Å²) in [6.45, 7) is 0.384. The summed E-state index contributed by atoms with van der Waals surface area (Å²) in [5.41, 5.74) is 0.802. The van der Waals surface area contributed by atoms with Gasteiger partial charge in [0, 0.05) is 18.9 Å². The van der Waals surface area contributed by atoms with Gasteiger partial charge in [0.25, 0.3) is 0 Å². The molecule has 0 unspecified atom stereocenters. The van der Waals surface area contributed by atoms with E-state index in [0.29, 0.717) is 18.3 Å². The Morgan fingerprint density at radius 3 is 2.71 bits per heavy atom. The fraction of sp³-hybridized carbons (Fsp3) is 0.200. The normalized spacial score (nSPS) is 10.3. The molecule has 1 N–H and O–H groups in total. The third kappa shape index (κ3) is 4.09. The fourth-order valence-electron chi connectivity index (χ4n) is 1.95. The second-order valence-electron chi connectivity index (χ2n) is 4.75. The van der Waals surface area contributed by atoms with Gasteiger partial charge in [-0.25, -0.2) is 9.97 Å². The molecule has 0 amide bonds. The molecule has 3 aromatic rings. The molecule has 3 rings (SSSR count). The van der Waals surface area contributed by atoms with Crippen LogP contribution in [0, 0.1) is 0 Å². The monoisotopic (exact) mass is 325 g/mol. The molecule has 9 heteroatoms. The number of nitrogens with zero attached hydrogens (tertiary/aromatic N) is 6. The molecule has 0 aliphatic rings. The smallest absolute Gasteiger partial charge is 0.308 e. The molecule has 0 bridgehead atoms. The first-order valence-corrected chi connectivity index (χ1v) is 7.32. The minimum atomic E-state index is -0.360. The molecule has 0 saturated heterocycles. The highest BCUT2D eigenvalue weighted by molar-refractivity contribution is 5.69. The lowest BCUT2D eigenvalue weighted by molar-refractivity contribution is -0.144. The van der Waals surface area contributed by atoms with Crippen LogP contribution in [0.4, 0.5) is 5.95 Å². The van der Waals surface area contributed by atoms with Crippen molar-refractivity contribution >= 4 is 11.9 Å². The lowest BCUT2D eigenvalue weighted by Crippen LogP contribution is -2.14. The van der Waals surface area contributed by atoms with Crippen molar-refractivity contribution in [3.63, 3.8) is 0 Å². The maximum Gasteiger partial charge on any atom is 0.308 e. The summed E-state index contributed by atoms with van der Waals surface area (Å²) in [7, 11) is 0. The molecule has 0 fully saturated rings. The lowest BCUT2D eigenvalue weighted by Gasteiger charge is -2.06. The van der Waals surface area contributed by atoms with Crippen molar-refractivity contribution in [2.24, 2.45) is 0 Å². The first-order valence-electron chi connectivity index (χ1n) is 7.32. The zero-order chi connectivity index (χ0) is 16.6.